The van der Waals surface area contributed by atoms with Gasteiger partial charge in [-0.2, -0.15) is 0 Å². The first-order chi connectivity index (χ1) is 13.6. The average Bonchev–Trinajstić information content (AvgIpc) is 2.73. The molecule has 0 radical (unpaired) electrons. The van der Waals surface area contributed by atoms with Crippen LogP contribution in [0.5, 0.6) is 5.75 Å². The van der Waals surface area contributed by atoms with Gasteiger partial charge in [0.15, 0.2) is 0 Å². The zero-order valence-corrected chi connectivity index (χ0v) is 16.2. The van der Waals surface area contributed by atoms with Gasteiger partial charge in [0.25, 0.3) is 0 Å². The molecule has 0 saturated carbocycles. The summed E-state index contributed by atoms with van der Waals surface area (Å²) in [6.07, 6.45) is 0. The monoisotopic (exact) mass is 397 g/mol. The summed E-state index contributed by atoms with van der Waals surface area (Å²) in [5.74, 6) is 0.640. The molecule has 0 fully saturated rings. The van der Waals surface area contributed by atoms with Crippen LogP contribution in [0, 0.1) is 5.82 Å². The highest BCUT2D eigenvalue weighted by Crippen LogP contribution is 2.22. The lowest BCUT2D eigenvalue weighted by atomic mass is 10.1. The summed E-state index contributed by atoms with van der Waals surface area (Å²) >= 11 is 1.31. The smallest absolute Gasteiger partial charge is 0.230 e. The third kappa shape index (κ3) is 5.79. The Morgan fingerprint density at radius 2 is 1.79 bits per heavy atom. The van der Waals surface area contributed by atoms with Crippen LogP contribution in [0.3, 0.4) is 0 Å². The van der Waals surface area contributed by atoms with E-state index in [0.29, 0.717) is 18.2 Å². The van der Waals surface area contributed by atoms with Crippen LogP contribution < -0.4 is 10.1 Å². The van der Waals surface area contributed by atoms with Gasteiger partial charge in [-0.25, -0.2) is 4.39 Å². The lowest BCUT2D eigenvalue weighted by Gasteiger charge is -2.06. The van der Waals surface area contributed by atoms with Gasteiger partial charge >= 0.3 is 0 Å². The van der Waals surface area contributed by atoms with Crippen molar-refractivity contribution in [3.63, 3.8) is 0 Å². The van der Waals surface area contributed by atoms with Crippen LogP contribution in [-0.4, -0.2) is 28.5 Å². The Balaban J connectivity index is 1.48. The maximum atomic E-state index is 12.9. The first-order valence-electron chi connectivity index (χ1n) is 8.85. The average molecular weight is 397 g/mol. The summed E-state index contributed by atoms with van der Waals surface area (Å²) in [6.45, 7) is 2.93. The summed E-state index contributed by atoms with van der Waals surface area (Å²) in [6, 6.07) is 17.4. The van der Waals surface area contributed by atoms with Crippen LogP contribution in [0.15, 0.2) is 65.7 Å². The van der Waals surface area contributed by atoms with Gasteiger partial charge in [-0.3, -0.25) is 4.79 Å². The second kappa shape index (κ2) is 9.85. The summed E-state index contributed by atoms with van der Waals surface area (Å²) in [5.41, 5.74) is 2.55. The molecule has 0 aliphatic carbocycles. The highest BCUT2D eigenvalue weighted by molar-refractivity contribution is 7.99. The number of nitrogens with one attached hydrogen (secondary N) is 1. The van der Waals surface area contributed by atoms with E-state index >= 15 is 0 Å². The summed E-state index contributed by atoms with van der Waals surface area (Å²) in [5, 5.41) is 11.9. The molecular weight excluding hydrogens is 377 g/mol. The van der Waals surface area contributed by atoms with E-state index in [-0.39, 0.29) is 17.5 Å². The first-order valence-corrected chi connectivity index (χ1v) is 9.83. The molecule has 1 amide bonds. The molecule has 3 aromatic rings. The van der Waals surface area contributed by atoms with Crippen LogP contribution in [0.1, 0.15) is 12.5 Å². The molecule has 7 heteroatoms. The topological polar surface area (TPSA) is 64.1 Å². The summed E-state index contributed by atoms with van der Waals surface area (Å²) < 4.78 is 18.3. The van der Waals surface area contributed by atoms with Gasteiger partial charge in [0.1, 0.15) is 16.6 Å². The van der Waals surface area contributed by atoms with Gasteiger partial charge < -0.3 is 10.1 Å². The van der Waals surface area contributed by atoms with E-state index < -0.39 is 0 Å². The van der Waals surface area contributed by atoms with E-state index in [9.17, 15) is 9.18 Å². The zero-order chi connectivity index (χ0) is 19.8. The minimum atomic E-state index is -0.294. The number of halogens is 1. The Labute approximate surface area is 167 Å². The molecule has 0 saturated heterocycles. The van der Waals surface area contributed by atoms with Gasteiger partial charge in [-0.05, 0) is 61.0 Å². The Morgan fingerprint density at radius 3 is 2.43 bits per heavy atom. The second-order valence-corrected chi connectivity index (χ2v) is 6.90. The second-order valence-electron chi connectivity index (χ2n) is 5.91. The van der Waals surface area contributed by atoms with Crippen molar-refractivity contribution >= 4 is 17.7 Å². The summed E-state index contributed by atoms with van der Waals surface area (Å²) in [4.78, 5) is 12.0. The van der Waals surface area contributed by atoms with Crippen LogP contribution in [0.4, 0.5) is 4.39 Å². The molecule has 0 spiro atoms. The zero-order valence-electron chi connectivity index (χ0n) is 15.4. The van der Waals surface area contributed by atoms with Crippen LogP contribution in [0.25, 0.3) is 11.3 Å². The molecule has 0 unspecified atom stereocenters. The standard InChI is InChI=1S/C21H20FN3O2S/c1-2-27-18-9-5-16(6-10-18)19-11-12-21(25-24-19)28-14-20(26)23-13-15-3-7-17(22)8-4-15/h3-12H,2,13-14H2,1H3,(H,23,26). The normalized spacial score (nSPS) is 10.5. The number of hydrogen-bond acceptors (Lipinski definition) is 5. The lowest BCUT2D eigenvalue weighted by molar-refractivity contribution is -0.118. The fourth-order valence-electron chi connectivity index (χ4n) is 2.43. The Morgan fingerprint density at radius 1 is 1.04 bits per heavy atom. The number of nitrogens with zero attached hydrogens (tertiary/aromatic N) is 2. The third-order valence-electron chi connectivity index (χ3n) is 3.86. The number of rotatable bonds is 8. The van der Waals surface area contributed by atoms with Crippen LogP contribution in [-0.2, 0) is 11.3 Å². The van der Waals surface area contributed by atoms with Gasteiger partial charge in [0.2, 0.25) is 5.91 Å². The van der Waals surface area contributed by atoms with Gasteiger partial charge in [0.05, 0.1) is 18.1 Å². The number of carbonyl (C=O) groups excluding carboxylic acids is 1. The van der Waals surface area contributed by atoms with Crippen LogP contribution >= 0.6 is 11.8 Å². The van der Waals surface area contributed by atoms with E-state index in [1.54, 1.807) is 12.1 Å². The highest BCUT2D eigenvalue weighted by Gasteiger charge is 2.06. The van der Waals surface area contributed by atoms with Crippen molar-refractivity contribution in [2.45, 2.75) is 18.5 Å². The maximum Gasteiger partial charge on any atom is 0.230 e. The molecule has 144 valence electrons. The van der Waals surface area contributed by atoms with Crippen molar-refractivity contribution in [2.24, 2.45) is 0 Å². The van der Waals surface area contributed by atoms with Crippen LogP contribution in [0.2, 0.25) is 0 Å². The number of benzene rings is 2. The van der Waals surface area contributed by atoms with Crippen molar-refractivity contribution in [1.82, 2.24) is 15.5 Å². The lowest BCUT2D eigenvalue weighted by Crippen LogP contribution is -2.24. The summed E-state index contributed by atoms with van der Waals surface area (Å²) in [7, 11) is 0. The molecule has 1 aromatic heterocycles. The van der Waals surface area contributed by atoms with Gasteiger partial charge in [-0.15, -0.1) is 10.2 Å². The van der Waals surface area contributed by atoms with Crippen molar-refractivity contribution < 1.29 is 13.9 Å². The van der Waals surface area contributed by atoms with E-state index in [1.807, 2.05) is 43.3 Å². The van der Waals surface area contributed by atoms with E-state index in [1.165, 1.54) is 23.9 Å². The molecule has 1 heterocycles. The third-order valence-corrected chi connectivity index (χ3v) is 4.78. The minimum Gasteiger partial charge on any atom is -0.494 e. The maximum absolute atomic E-state index is 12.9. The van der Waals surface area contributed by atoms with Crippen molar-refractivity contribution in [3.05, 3.63) is 72.0 Å². The van der Waals surface area contributed by atoms with Crippen molar-refractivity contribution in [1.29, 1.82) is 0 Å². The quantitative estimate of drug-likeness (QED) is 0.580. The fourth-order valence-corrected chi connectivity index (χ4v) is 3.08. The molecule has 3 rings (SSSR count). The van der Waals surface area contributed by atoms with E-state index in [2.05, 4.69) is 15.5 Å². The molecule has 28 heavy (non-hydrogen) atoms. The van der Waals surface area contributed by atoms with Crippen molar-refractivity contribution in [2.75, 3.05) is 12.4 Å². The van der Waals surface area contributed by atoms with Gasteiger partial charge in [0, 0.05) is 12.1 Å². The molecule has 2 aromatic carbocycles. The number of hydrogen-bond donors (Lipinski definition) is 1. The largest absolute Gasteiger partial charge is 0.494 e. The molecule has 5 nitrogen and oxygen atoms in total. The fraction of sp³-hybridized carbons (Fsp3) is 0.190. The van der Waals surface area contributed by atoms with E-state index in [0.717, 1.165) is 22.6 Å². The number of ether oxygens (including phenoxy) is 1. The molecular formula is C21H20FN3O2S. The molecule has 1 N–H and O–H groups in total. The molecule has 0 atom stereocenters. The molecule has 0 bridgehead atoms. The first kappa shape index (κ1) is 19.8. The predicted octanol–water partition coefficient (Wildman–Crippen LogP) is 4.09. The highest BCUT2D eigenvalue weighted by atomic mass is 32.2. The van der Waals surface area contributed by atoms with Gasteiger partial charge in [-0.1, -0.05) is 23.9 Å². The molecule has 0 aliphatic heterocycles. The predicted molar refractivity (Wildman–Crippen MR) is 108 cm³/mol. The Bertz CT molecular complexity index is 900. The van der Waals surface area contributed by atoms with E-state index in [4.69, 9.17) is 4.74 Å². The number of thioether (sulfide) groups is 1. The number of carbonyl (C=O) groups is 1. The molecule has 0 aliphatic rings. The SMILES string of the molecule is CCOc1ccc(-c2ccc(SCC(=O)NCc3ccc(F)cc3)nn2)cc1. The number of amides is 1. The number of aromatic nitrogens is 2. The minimum absolute atomic E-state index is 0.119. The Hall–Kier alpha value is -2.93. The van der Waals surface area contributed by atoms with Crippen molar-refractivity contribution in [3.8, 4) is 17.0 Å². The Kier molecular flexibility index (Phi) is 6.97.